The second kappa shape index (κ2) is 6.96. The third kappa shape index (κ3) is 3.16. The van der Waals surface area contributed by atoms with Crippen molar-refractivity contribution in [1.29, 1.82) is 0 Å². The zero-order valence-corrected chi connectivity index (χ0v) is 15.4. The van der Waals surface area contributed by atoms with E-state index in [2.05, 4.69) is 5.10 Å². The molecule has 2 fully saturated rings. The fourth-order valence-electron chi connectivity index (χ4n) is 3.97. The van der Waals surface area contributed by atoms with Gasteiger partial charge in [-0.1, -0.05) is 25.7 Å². The van der Waals surface area contributed by atoms with Gasteiger partial charge in [0.2, 0.25) is 15.9 Å². The van der Waals surface area contributed by atoms with Gasteiger partial charge in [-0.2, -0.15) is 9.40 Å². The number of carbonyl (C=O) groups is 1. The predicted molar refractivity (Wildman–Crippen MR) is 91.5 cm³/mol. The largest absolute Gasteiger partial charge is 0.272 e. The molecule has 1 saturated heterocycles. The zero-order valence-electron chi connectivity index (χ0n) is 14.6. The van der Waals surface area contributed by atoms with Gasteiger partial charge in [0.15, 0.2) is 0 Å². The fraction of sp³-hybridized carbons (Fsp3) is 0.765. The Labute approximate surface area is 144 Å². The van der Waals surface area contributed by atoms with Gasteiger partial charge in [-0.05, 0) is 39.5 Å². The van der Waals surface area contributed by atoms with Crippen LogP contribution in [0.4, 0.5) is 0 Å². The van der Waals surface area contributed by atoms with E-state index in [1.54, 1.807) is 18.2 Å². The summed E-state index contributed by atoms with van der Waals surface area (Å²) >= 11 is 0. The SMILES string of the molecule is Cc1nn(C(=O)C2CCCCC2)c(C)c1S(=O)(=O)N1CCCCC1. The highest BCUT2D eigenvalue weighted by Gasteiger charge is 2.34. The van der Waals surface area contributed by atoms with Crippen LogP contribution in [0.5, 0.6) is 0 Å². The van der Waals surface area contributed by atoms with Crippen molar-refractivity contribution >= 4 is 15.9 Å². The number of carbonyl (C=O) groups excluding carboxylic acids is 1. The van der Waals surface area contributed by atoms with E-state index in [0.29, 0.717) is 24.5 Å². The van der Waals surface area contributed by atoms with E-state index < -0.39 is 10.0 Å². The molecule has 2 heterocycles. The minimum Gasteiger partial charge on any atom is -0.272 e. The molecule has 1 aromatic heterocycles. The van der Waals surface area contributed by atoms with Gasteiger partial charge < -0.3 is 0 Å². The number of nitrogens with zero attached hydrogens (tertiary/aromatic N) is 3. The Balaban J connectivity index is 1.92. The van der Waals surface area contributed by atoms with Gasteiger partial charge in [0.25, 0.3) is 0 Å². The molecule has 0 unspecified atom stereocenters. The first-order chi connectivity index (χ1) is 11.4. The Hall–Kier alpha value is -1.21. The summed E-state index contributed by atoms with van der Waals surface area (Å²) in [4.78, 5) is 13.0. The number of hydrogen-bond acceptors (Lipinski definition) is 4. The Morgan fingerprint density at radius 2 is 1.58 bits per heavy atom. The van der Waals surface area contributed by atoms with Gasteiger partial charge in [0, 0.05) is 19.0 Å². The Kier molecular flexibility index (Phi) is 5.11. The molecule has 134 valence electrons. The molecule has 0 N–H and O–H groups in total. The van der Waals surface area contributed by atoms with Crippen molar-refractivity contribution in [1.82, 2.24) is 14.1 Å². The quantitative estimate of drug-likeness (QED) is 0.837. The minimum atomic E-state index is -3.57. The number of hydrogen-bond donors (Lipinski definition) is 0. The summed E-state index contributed by atoms with van der Waals surface area (Å²) in [7, 11) is -3.57. The molecule has 2 aliphatic rings. The number of aromatic nitrogens is 2. The highest BCUT2D eigenvalue weighted by atomic mass is 32.2. The van der Waals surface area contributed by atoms with Crippen LogP contribution in [0.3, 0.4) is 0 Å². The molecule has 7 heteroatoms. The Bertz CT molecular complexity index is 712. The van der Waals surface area contributed by atoms with Crippen LogP contribution in [0.2, 0.25) is 0 Å². The molecule has 3 rings (SSSR count). The van der Waals surface area contributed by atoms with E-state index in [4.69, 9.17) is 0 Å². The molecule has 24 heavy (non-hydrogen) atoms. The van der Waals surface area contributed by atoms with Crippen molar-refractivity contribution in [2.24, 2.45) is 5.92 Å². The molecule has 0 radical (unpaired) electrons. The lowest BCUT2D eigenvalue weighted by Crippen LogP contribution is -2.36. The predicted octanol–water partition coefficient (Wildman–Crippen LogP) is 2.90. The van der Waals surface area contributed by atoms with Crippen LogP contribution in [0, 0.1) is 19.8 Å². The molecule has 1 saturated carbocycles. The number of sulfonamides is 1. The lowest BCUT2D eigenvalue weighted by molar-refractivity contribution is 0.0781. The normalized spacial score (nSPS) is 21.1. The summed E-state index contributed by atoms with van der Waals surface area (Å²) < 4.78 is 28.9. The van der Waals surface area contributed by atoms with Gasteiger partial charge in [0.05, 0.1) is 11.4 Å². The van der Waals surface area contributed by atoms with E-state index in [1.807, 2.05) is 0 Å². The number of piperidine rings is 1. The second-order valence-corrected chi connectivity index (χ2v) is 8.92. The molecule has 1 aromatic rings. The summed E-state index contributed by atoms with van der Waals surface area (Å²) in [5, 5.41) is 4.31. The molecule has 0 atom stereocenters. The molecular formula is C17H27N3O3S. The summed E-state index contributed by atoms with van der Waals surface area (Å²) in [6.45, 7) is 4.51. The third-order valence-corrected chi connectivity index (χ3v) is 7.45. The van der Waals surface area contributed by atoms with Gasteiger partial charge in [-0.3, -0.25) is 4.79 Å². The van der Waals surface area contributed by atoms with Crippen LogP contribution < -0.4 is 0 Å². The van der Waals surface area contributed by atoms with Crippen molar-refractivity contribution in [2.45, 2.75) is 70.1 Å². The van der Waals surface area contributed by atoms with E-state index in [1.165, 1.54) is 11.1 Å². The van der Waals surface area contributed by atoms with Gasteiger partial charge in [-0.15, -0.1) is 0 Å². The first-order valence-corrected chi connectivity index (χ1v) is 10.5. The van der Waals surface area contributed by atoms with Crippen molar-refractivity contribution in [3.8, 4) is 0 Å². The third-order valence-electron chi connectivity index (χ3n) is 5.30. The zero-order chi connectivity index (χ0) is 17.3. The van der Waals surface area contributed by atoms with Gasteiger partial charge in [-0.25, -0.2) is 13.1 Å². The van der Waals surface area contributed by atoms with Crippen molar-refractivity contribution in [3.05, 3.63) is 11.4 Å². The van der Waals surface area contributed by atoms with Gasteiger partial charge in [0.1, 0.15) is 4.90 Å². The molecule has 0 amide bonds. The van der Waals surface area contributed by atoms with Crippen molar-refractivity contribution in [3.63, 3.8) is 0 Å². The summed E-state index contributed by atoms with van der Waals surface area (Å²) in [5.41, 5.74) is 0.899. The van der Waals surface area contributed by atoms with Crippen LogP contribution in [-0.4, -0.2) is 41.5 Å². The van der Waals surface area contributed by atoms with Crippen LogP contribution in [0.15, 0.2) is 4.90 Å². The monoisotopic (exact) mass is 353 g/mol. The Morgan fingerprint density at radius 3 is 2.21 bits per heavy atom. The second-order valence-electron chi connectivity index (χ2n) is 7.05. The summed E-state index contributed by atoms with van der Waals surface area (Å²) in [6.07, 6.45) is 7.93. The highest BCUT2D eigenvalue weighted by Crippen LogP contribution is 2.29. The molecular weight excluding hydrogens is 326 g/mol. The molecule has 0 bridgehead atoms. The van der Waals surface area contributed by atoms with E-state index >= 15 is 0 Å². The van der Waals surface area contributed by atoms with Gasteiger partial charge >= 0.3 is 0 Å². The van der Waals surface area contributed by atoms with Crippen LogP contribution in [-0.2, 0) is 10.0 Å². The topological polar surface area (TPSA) is 72.3 Å². The van der Waals surface area contributed by atoms with Crippen LogP contribution in [0.1, 0.15) is 67.5 Å². The molecule has 6 nitrogen and oxygen atoms in total. The highest BCUT2D eigenvalue weighted by molar-refractivity contribution is 7.89. The first-order valence-electron chi connectivity index (χ1n) is 9.03. The van der Waals surface area contributed by atoms with Crippen LogP contribution in [0.25, 0.3) is 0 Å². The molecule has 0 aromatic carbocycles. The number of rotatable bonds is 3. The molecule has 1 aliphatic heterocycles. The lowest BCUT2D eigenvalue weighted by Gasteiger charge is -2.26. The lowest BCUT2D eigenvalue weighted by atomic mass is 9.89. The maximum atomic E-state index is 13.0. The van der Waals surface area contributed by atoms with E-state index in [0.717, 1.165) is 44.9 Å². The fourth-order valence-corrected chi connectivity index (χ4v) is 5.84. The average Bonchev–Trinajstić information content (AvgIpc) is 2.91. The maximum absolute atomic E-state index is 13.0. The standard InChI is InChI=1S/C17H27N3O3S/c1-13-16(24(22,23)19-11-7-4-8-12-19)14(2)20(18-13)17(21)15-9-5-3-6-10-15/h15H,3-12H2,1-2H3. The van der Waals surface area contributed by atoms with Crippen molar-refractivity contribution < 1.29 is 13.2 Å². The van der Waals surface area contributed by atoms with E-state index in [9.17, 15) is 13.2 Å². The smallest absolute Gasteiger partial charge is 0.250 e. The first kappa shape index (κ1) is 17.6. The maximum Gasteiger partial charge on any atom is 0.250 e. The molecule has 1 aliphatic carbocycles. The van der Waals surface area contributed by atoms with Crippen LogP contribution >= 0.6 is 0 Å². The summed E-state index contributed by atoms with van der Waals surface area (Å²) in [5.74, 6) is -0.0716. The minimum absolute atomic E-state index is 0.0257. The molecule has 0 spiro atoms. The summed E-state index contributed by atoms with van der Waals surface area (Å²) in [6, 6.07) is 0. The van der Waals surface area contributed by atoms with E-state index in [-0.39, 0.29) is 16.7 Å². The number of aryl methyl sites for hydroxylation is 1. The average molecular weight is 353 g/mol. The Morgan fingerprint density at radius 1 is 1.00 bits per heavy atom. The van der Waals surface area contributed by atoms with Crippen molar-refractivity contribution in [2.75, 3.05) is 13.1 Å².